The van der Waals surface area contributed by atoms with Crippen molar-refractivity contribution in [1.82, 2.24) is 4.98 Å². The summed E-state index contributed by atoms with van der Waals surface area (Å²) in [7, 11) is 0. The number of pyridine rings is 1. The Morgan fingerprint density at radius 3 is 2.66 bits per heavy atom. The van der Waals surface area contributed by atoms with Gasteiger partial charge in [-0.05, 0) is 49.3 Å². The number of aromatic nitrogens is 1. The van der Waals surface area contributed by atoms with E-state index in [0.29, 0.717) is 12.3 Å². The van der Waals surface area contributed by atoms with Crippen LogP contribution >= 0.6 is 0 Å². The van der Waals surface area contributed by atoms with Crippen molar-refractivity contribution in [3.63, 3.8) is 0 Å². The fourth-order valence-electron chi connectivity index (χ4n) is 5.03. The van der Waals surface area contributed by atoms with Gasteiger partial charge in [-0.1, -0.05) is 44.2 Å². The zero-order chi connectivity index (χ0) is 20.8. The second kappa shape index (κ2) is 7.30. The number of para-hydroxylation sites is 1. The number of nitrogen functional groups attached to an aromatic ring is 1. The van der Waals surface area contributed by atoms with Crippen molar-refractivity contribution in [2.75, 3.05) is 5.73 Å². The van der Waals surface area contributed by atoms with Gasteiger partial charge in [0.05, 0.1) is 5.69 Å². The van der Waals surface area contributed by atoms with Crippen LogP contribution in [0.15, 0.2) is 48.7 Å². The molecule has 0 bridgehead atoms. The Kier molecular flexibility index (Phi) is 4.95. The maximum atomic E-state index is 12.3. The molecular weight excluding hydrogens is 364 g/mol. The summed E-state index contributed by atoms with van der Waals surface area (Å²) in [5.41, 5.74) is 8.16. The number of hydrogen-bond donors (Lipinski definition) is 2. The molecule has 1 aromatic carbocycles. The first-order valence-electron chi connectivity index (χ1n) is 10.2. The number of ether oxygens (including phenoxy) is 1. The van der Waals surface area contributed by atoms with Crippen molar-refractivity contribution in [3.05, 3.63) is 54.4 Å². The Morgan fingerprint density at radius 2 is 1.97 bits per heavy atom. The number of esters is 1. The van der Waals surface area contributed by atoms with Crippen LogP contribution in [0.4, 0.5) is 5.69 Å². The van der Waals surface area contributed by atoms with Crippen LogP contribution in [0.1, 0.15) is 32.9 Å². The molecule has 1 aliphatic carbocycles. The van der Waals surface area contributed by atoms with Crippen molar-refractivity contribution in [2.45, 2.75) is 38.9 Å². The number of aliphatic hydroxyl groups is 1. The van der Waals surface area contributed by atoms with Crippen molar-refractivity contribution in [3.8, 4) is 11.1 Å². The largest absolute Gasteiger partial charge is 0.460 e. The van der Waals surface area contributed by atoms with E-state index < -0.39 is 11.6 Å². The van der Waals surface area contributed by atoms with Crippen LogP contribution < -0.4 is 5.73 Å². The van der Waals surface area contributed by atoms with Gasteiger partial charge in [0, 0.05) is 28.9 Å². The lowest BCUT2D eigenvalue weighted by Gasteiger charge is -2.44. The number of rotatable bonds is 3. The molecule has 1 saturated carbocycles. The first-order chi connectivity index (χ1) is 13.8. The SMILES string of the molecule is CC1C[C@@]2(O)C(=O)O[C@H](C)[C@H]2[C@@H](/C=C/c2ccc(-c3ccccc3N)cn2)C1C. The van der Waals surface area contributed by atoms with Gasteiger partial charge in [0.1, 0.15) is 6.10 Å². The van der Waals surface area contributed by atoms with Gasteiger partial charge in [0.15, 0.2) is 5.60 Å². The molecule has 2 unspecified atom stereocenters. The number of allylic oxidation sites excluding steroid dienone is 1. The molecule has 0 amide bonds. The standard InChI is InChI=1S/C24H28N2O3/c1-14-12-24(28)22(16(3)29-23(24)27)19(15(14)2)11-10-18-9-8-17(13-26-18)20-6-4-5-7-21(20)25/h4-11,13-16,19,22,28H,12,25H2,1-3H3/b11-10+/t14?,15?,16-,19+,22+,24+/m1/s1. The molecule has 29 heavy (non-hydrogen) atoms. The van der Waals surface area contributed by atoms with Gasteiger partial charge in [-0.15, -0.1) is 0 Å². The topological polar surface area (TPSA) is 85.4 Å². The predicted octanol–water partition coefficient (Wildman–Crippen LogP) is 3.93. The average Bonchev–Trinajstić information content (AvgIpc) is 2.92. The molecule has 1 saturated heterocycles. The van der Waals surface area contributed by atoms with Crippen LogP contribution in [0.5, 0.6) is 0 Å². The zero-order valence-corrected chi connectivity index (χ0v) is 17.1. The molecule has 0 radical (unpaired) electrons. The zero-order valence-electron chi connectivity index (χ0n) is 17.1. The molecule has 0 spiro atoms. The van der Waals surface area contributed by atoms with Gasteiger partial charge in [-0.25, -0.2) is 4.79 Å². The Labute approximate surface area is 171 Å². The van der Waals surface area contributed by atoms with Crippen molar-refractivity contribution < 1.29 is 14.6 Å². The van der Waals surface area contributed by atoms with Gasteiger partial charge in [-0.2, -0.15) is 0 Å². The molecule has 5 nitrogen and oxygen atoms in total. The fourth-order valence-corrected chi connectivity index (χ4v) is 5.03. The first kappa shape index (κ1) is 19.6. The Hall–Kier alpha value is -2.66. The van der Waals surface area contributed by atoms with Crippen molar-refractivity contribution >= 4 is 17.7 Å². The van der Waals surface area contributed by atoms with Gasteiger partial charge >= 0.3 is 5.97 Å². The van der Waals surface area contributed by atoms with E-state index in [4.69, 9.17) is 10.5 Å². The van der Waals surface area contributed by atoms with E-state index in [1.165, 1.54) is 0 Å². The normalized spacial score (nSPS) is 34.2. The number of hydrogen-bond acceptors (Lipinski definition) is 5. The third-order valence-corrected chi connectivity index (χ3v) is 6.80. The first-order valence-corrected chi connectivity index (χ1v) is 10.2. The summed E-state index contributed by atoms with van der Waals surface area (Å²) in [4.78, 5) is 16.9. The van der Waals surface area contributed by atoms with Crippen LogP contribution in [0.2, 0.25) is 0 Å². The Bertz CT molecular complexity index is 939. The third kappa shape index (κ3) is 3.33. The van der Waals surface area contributed by atoms with Gasteiger partial charge in [0.25, 0.3) is 0 Å². The number of nitrogens with two attached hydrogens (primary N) is 1. The van der Waals surface area contributed by atoms with Crippen LogP contribution in [0.3, 0.4) is 0 Å². The number of carbonyl (C=O) groups is 1. The predicted molar refractivity (Wildman–Crippen MR) is 114 cm³/mol. The number of anilines is 1. The minimum atomic E-state index is -1.39. The minimum Gasteiger partial charge on any atom is -0.460 e. The van der Waals surface area contributed by atoms with Crippen molar-refractivity contribution in [2.24, 2.45) is 23.7 Å². The highest BCUT2D eigenvalue weighted by Gasteiger charge is 2.61. The molecule has 1 aliphatic heterocycles. The van der Waals surface area contributed by atoms with Gasteiger partial charge in [0.2, 0.25) is 0 Å². The quantitative estimate of drug-likeness (QED) is 0.611. The molecule has 4 rings (SSSR count). The van der Waals surface area contributed by atoms with E-state index in [1.54, 1.807) is 0 Å². The molecule has 5 heteroatoms. The highest BCUT2D eigenvalue weighted by Crippen LogP contribution is 2.51. The number of cyclic esters (lactones) is 1. The van der Waals surface area contributed by atoms with E-state index in [9.17, 15) is 9.90 Å². The van der Waals surface area contributed by atoms with E-state index in [0.717, 1.165) is 22.5 Å². The van der Waals surface area contributed by atoms with Crippen LogP contribution in [-0.4, -0.2) is 27.8 Å². The molecular formula is C24H28N2O3. The third-order valence-electron chi connectivity index (χ3n) is 6.80. The summed E-state index contributed by atoms with van der Waals surface area (Å²) in [6.45, 7) is 6.15. The Morgan fingerprint density at radius 1 is 1.21 bits per heavy atom. The van der Waals surface area contributed by atoms with Gasteiger partial charge < -0.3 is 15.6 Å². The lowest BCUT2D eigenvalue weighted by molar-refractivity contribution is -0.160. The van der Waals surface area contributed by atoms with E-state index in [1.807, 2.05) is 55.6 Å². The summed E-state index contributed by atoms with van der Waals surface area (Å²) >= 11 is 0. The molecule has 152 valence electrons. The fraction of sp³-hybridized carbons (Fsp3) is 0.417. The molecule has 6 atom stereocenters. The highest BCUT2D eigenvalue weighted by atomic mass is 16.6. The average molecular weight is 392 g/mol. The van der Waals surface area contributed by atoms with Crippen LogP contribution in [-0.2, 0) is 9.53 Å². The molecule has 2 fully saturated rings. The lowest BCUT2D eigenvalue weighted by atomic mass is 9.60. The van der Waals surface area contributed by atoms with Crippen molar-refractivity contribution in [1.29, 1.82) is 0 Å². The lowest BCUT2D eigenvalue weighted by Crippen LogP contribution is -2.52. The summed E-state index contributed by atoms with van der Waals surface area (Å²) in [5.74, 6) is -0.121. The molecule has 3 N–H and O–H groups in total. The summed E-state index contributed by atoms with van der Waals surface area (Å²) in [6.07, 6.45) is 6.05. The smallest absolute Gasteiger partial charge is 0.338 e. The second-order valence-corrected chi connectivity index (χ2v) is 8.60. The van der Waals surface area contributed by atoms with Crippen LogP contribution in [0.25, 0.3) is 17.2 Å². The monoisotopic (exact) mass is 392 g/mol. The minimum absolute atomic E-state index is 0.0384. The number of carbonyl (C=O) groups excluding carboxylic acids is 1. The second-order valence-electron chi connectivity index (χ2n) is 8.60. The van der Waals surface area contributed by atoms with Gasteiger partial charge in [-0.3, -0.25) is 4.98 Å². The highest BCUT2D eigenvalue weighted by molar-refractivity contribution is 5.82. The molecule has 2 aliphatic rings. The van der Waals surface area contributed by atoms with Crippen LogP contribution in [0, 0.1) is 23.7 Å². The molecule has 1 aromatic heterocycles. The Balaban J connectivity index is 1.59. The number of fused-ring (bicyclic) bond motifs is 1. The summed E-state index contributed by atoms with van der Waals surface area (Å²) in [5, 5.41) is 11.1. The summed E-state index contributed by atoms with van der Waals surface area (Å²) < 4.78 is 5.42. The number of benzene rings is 1. The van der Waals surface area contributed by atoms with E-state index in [2.05, 4.69) is 24.9 Å². The molecule has 2 aromatic rings. The maximum Gasteiger partial charge on any atom is 0.338 e. The maximum absolute atomic E-state index is 12.3. The van der Waals surface area contributed by atoms with E-state index in [-0.39, 0.29) is 23.9 Å². The number of nitrogens with zero attached hydrogens (tertiary/aromatic N) is 1. The molecule has 2 heterocycles. The summed E-state index contributed by atoms with van der Waals surface area (Å²) in [6, 6.07) is 11.7. The van der Waals surface area contributed by atoms with E-state index >= 15 is 0 Å².